The van der Waals surface area contributed by atoms with Crippen molar-refractivity contribution in [3.8, 4) is 0 Å². The van der Waals surface area contributed by atoms with Crippen molar-refractivity contribution in [1.82, 2.24) is 15.6 Å². The first-order chi connectivity index (χ1) is 12.6. The highest BCUT2D eigenvalue weighted by Gasteiger charge is 2.22. The van der Waals surface area contributed by atoms with Crippen LogP contribution in [0.2, 0.25) is 0 Å². The molecule has 1 aliphatic carbocycles. The predicted octanol–water partition coefficient (Wildman–Crippen LogP) is 2.15. The Kier molecular flexibility index (Phi) is 6.28. The Morgan fingerprint density at radius 3 is 2.88 bits per heavy atom. The molecule has 1 aromatic heterocycles. The van der Waals surface area contributed by atoms with E-state index in [1.54, 1.807) is 0 Å². The van der Waals surface area contributed by atoms with Crippen molar-refractivity contribution in [2.24, 2.45) is 5.92 Å². The van der Waals surface area contributed by atoms with Gasteiger partial charge in [0.15, 0.2) is 0 Å². The summed E-state index contributed by atoms with van der Waals surface area (Å²) in [6.07, 6.45) is 5.69. The molecule has 26 heavy (non-hydrogen) atoms. The van der Waals surface area contributed by atoms with E-state index in [2.05, 4.69) is 15.6 Å². The number of rotatable bonds is 10. The molecule has 0 bridgehead atoms. The largest absolute Gasteiger partial charge is 0.381 e. The number of nitrogens with one attached hydrogen (secondary N) is 3. The number of aromatic amines is 1. The lowest BCUT2D eigenvalue weighted by Gasteiger charge is -2.17. The predicted molar refractivity (Wildman–Crippen MR) is 101 cm³/mol. The van der Waals surface area contributed by atoms with Crippen molar-refractivity contribution in [3.05, 3.63) is 36.0 Å². The molecule has 3 N–H and O–H groups in total. The van der Waals surface area contributed by atoms with E-state index in [-0.39, 0.29) is 11.8 Å². The molecule has 2 aromatic rings. The molecule has 0 spiro atoms. The summed E-state index contributed by atoms with van der Waals surface area (Å²) in [5.41, 5.74) is 2.04. The number of hydrogen-bond donors (Lipinski definition) is 3. The molecular weight excluding hydrogens is 330 g/mol. The maximum atomic E-state index is 12.5. The highest BCUT2D eigenvalue weighted by atomic mass is 16.5. The van der Waals surface area contributed by atoms with Crippen LogP contribution in [0.4, 0.5) is 0 Å². The van der Waals surface area contributed by atoms with Crippen LogP contribution in [0.1, 0.15) is 31.7 Å². The van der Waals surface area contributed by atoms with Crippen LogP contribution in [0, 0.1) is 5.92 Å². The van der Waals surface area contributed by atoms with Gasteiger partial charge in [0, 0.05) is 50.2 Å². The van der Waals surface area contributed by atoms with Crippen molar-refractivity contribution < 1.29 is 14.3 Å². The minimum Gasteiger partial charge on any atom is -0.381 e. The Morgan fingerprint density at radius 2 is 2.12 bits per heavy atom. The highest BCUT2D eigenvalue weighted by molar-refractivity contribution is 5.89. The molecule has 0 aliphatic heterocycles. The zero-order valence-corrected chi connectivity index (χ0v) is 15.2. The molecule has 3 rings (SSSR count). The summed E-state index contributed by atoms with van der Waals surface area (Å²) >= 11 is 0. The zero-order valence-electron chi connectivity index (χ0n) is 15.2. The van der Waals surface area contributed by atoms with Crippen LogP contribution in [-0.2, 0) is 20.7 Å². The minimum atomic E-state index is -0.584. The van der Waals surface area contributed by atoms with E-state index in [4.69, 9.17) is 4.74 Å². The molecule has 1 heterocycles. The van der Waals surface area contributed by atoms with Crippen molar-refractivity contribution >= 4 is 22.7 Å². The first-order valence-corrected chi connectivity index (χ1v) is 9.31. The van der Waals surface area contributed by atoms with E-state index in [1.807, 2.05) is 30.5 Å². The van der Waals surface area contributed by atoms with Gasteiger partial charge in [0.25, 0.3) is 0 Å². The smallest absolute Gasteiger partial charge is 0.242 e. The highest BCUT2D eigenvalue weighted by Crippen LogP contribution is 2.28. The number of amides is 2. The van der Waals surface area contributed by atoms with E-state index < -0.39 is 6.04 Å². The summed E-state index contributed by atoms with van der Waals surface area (Å²) in [5.74, 6) is 0.385. The summed E-state index contributed by atoms with van der Waals surface area (Å²) in [5, 5.41) is 6.74. The van der Waals surface area contributed by atoms with Gasteiger partial charge in [-0.2, -0.15) is 0 Å². The SMILES string of the molecule is CC(=O)NC(Cc1c[nH]c2ccccc12)C(=O)NCCCOCC1CC1. The molecular formula is C20H27N3O3. The lowest BCUT2D eigenvalue weighted by atomic mass is 10.0. The fraction of sp³-hybridized carbons (Fsp3) is 0.500. The average molecular weight is 357 g/mol. The molecule has 1 aromatic carbocycles. The van der Waals surface area contributed by atoms with E-state index in [0.717, 1.165) is 35.4 Å². The second-order valence-corrected chi connectivity index (χ2v) is 6.98. The number of ether oxygens (including phenoxy) is 1. The second-order valence-electron chi connectivity index (χ2n) is 6.98. The van der Waals surface area contributed by atoms with Crippen LogP contribution in [-0.4, -0.2) is 42.6 Å². The third-order valence-electron chi connectivity index (χ3n) is 4.61. The molecule has 1 unspecified atom stereocenters. The summed E-state index contributed by atoms with van der Waals surface area (Å²) < 4.78 is 5.57. The number of benzene rings is 1. The van der Waals surface area contributed by atoms with E-state index >= 15 is 0 Å². The van der Waals surface area contributed by atoms with Crippen molar-refractivity contribution in [2.75, 3.05) is 19.8 Å². The van der Waals surface area contributed by atoms with Gasteiger partial charge in [-0.25, -0.2) is 0 Å². The molecule has 140 valence electrons. The molecule has 0 radical (unpaired) electrons. The summed E-state index contributed by atoms with van der Waals surface area (Å²) in [7, 11) is 0. The fourth-order valence-corrected chi connectivity index (χ4v) is 3.02. The molecule has 1 fully saturated rings. The number of fused-ring (bicyclic) bond motifs is 1. The van der Waals surface area contributed by atoms with Crippen molar-refractivity contribution in [3.63, 3.8) is 0 Å². The Morgan fingerprint density at radius 1 is 1.31 bits per heavy atom. The van der Waals surface area contributed by atoms with Gasteiger partial charge < -0.3 is 20.4 Å². The van der Waals surface area contributed by atoms with Crippen LogP contribution in [0.3, 0.4) is 0 Å². The molecule has 0 saturated heterocycles. The standard InChI is InChI=1S/C20H27N3O3/c1-14(24)23-19(11-16-12-22-18-6-3-2-5-17(16)18)20(25)21-9-4-10-26-13-15-7-8-15/h2-3,5-6,12,15,19,22H,4,7-11,13H2,1H3,(H,21,25)(H,23,24). The average Bonchev–Trinajstić information content (AvgIpc) is 3.36. The number of carbonyl (C=O) groups is 2. The lowest BCUT2D eigenvalue weighted by Crippen LogP contribution is -2.47. The Balaban J connectivity index is 1.51. The first kappa shape index (κ1) is 18.5. The van der Waals surface area contributed by atoms with Gasteiger partial charge in [-0.15, -0.1) is 0 Å². The monoisotopic (exact) mass is 357 g/mol. The van der Waals surface area contributed by atoms with E-state index in [0.29, 0.717) is 19.6 Å². The number of carbonyl (C=O) groups excluding carboxylic acids is 2. The number of para-hydroxylation sites is 1. The van der Waals surface area contributed by atoms with Crippen LogP contribution in [0.25, 0.3) is 10.9 Å². The van der Waals surface area contributed by atoms with Gasteiger partial charge in [0.05, 0.1) is 0 Å². The Bertz CT molecular complexity index is 752. The molecule has 2 amide bonds. The second kappa shape index (κ2) is 8.85. The van der Waals surface area contributed by atoms with Gasteiger partial charge in [0.2, 0.25) is 11.8 Å². The summed E-state index contributed by atoms with van der Waals surface area (Å²) in [6.45, 7) is 3.47. The Hall–Kier alpha value is -2.34. The number of aromatic nitrogens is 1. The summed E-state index contributed by atoms with van der Waals surface area (Å²) in [4.78, 5) is 27.2. The molecule has 1 atom stereocenters. The maximum absolute atomic E-state index is 12.5. The minimum absolute atomic E-state index is 0.160. The molecule has 1 aliphatic rings. The quantitative estimate of drug-likeness (QED) is 0.570. The number of hydrogen-bond acceptors (Lipinski definition) is 3. The molecule has 6 heteroatoms. The molecule has 1 saturated carbocycles. The van der Waals surface area contributed by atoms with Crippen molar-refractivity contribution in [2.45, 2.75) is 38.6 Å². The van der Waals surface area contributed by atoms with Crippen LogP contribution in [0.15, 0.2) is 30.5 Å². The van der Waals surface area contributed by atoms with E-state index in [9.17, 15) is 9.59 Å². The third-order valence-corrected chi connectivity index (χ3v) is 4.61. The van der Waals surface area contributed by atoms with Gasteiger partial charge >= 0.3 is 0 Å². The van der Waals surface area contributed by atoms with Gasteiger partial charge in [-0.1, -0.05) is 18.2 Å². The fourth-order valence-electron chi connectivity index (χ4n) is 3.02. The van der Waals surface area contributed by atoms with Gasteiger partial charge in [-0.05, 0) is 36.8 Å². The van der Waals surface area contributed by atoms with E-state index in [1.165, 1.54) is 19.8 Å². The summed E-state index contributed by atoms with van der Waals surface area (Å²) in [6, 6.07) is 7.36. The Labute approximate surface area is 153 Å². The van der Waals surface area contributed by atoms with Crippen LogP contribution >= 0.6 is 0 Å². The van der Waals surface area contributed by atoms with Crippen molar-refractivity contribution in [1.29, 1.82) is 0 Å². The number of H-pyrrole nitrogens is 1. The van der Waals surface area contributed by atoms with Gasteiger partial charge in [0.1, 0.15) is 6.04 Å². The topological polar surface area (TPSA) is 83.2 Å². The first-order valence-electron chi connectivity index (χ1n) is 9.31. The lowest BCUT2D eigenvalue weighted by molar-refractivity contribution is -0.128. The molecule has 6 nitrogen and oxygen atoms in total. The zero-order chi connectivity index (χ0) is 18.4. The maximum Gasteiger partial charge on any atom is 0.242 e. The normalized spacial score (nSPS) is 15.0. The van der Waals surface area contributed by atoms with Gasteiger partial charge in [-0.3, -0.25) is 9.59 Å². The van der Waals surface area contributed by atoms with Crippen LogP contribution < -0.4 is 10.6 Å². The van der Waals surface area contributed by atoms with Crippen LogP contribution in [0.5, 0.6) is 0 Å². The third kappa shape index (κ3) is 5.33.